The molecule has 2 fully saturated rings. The van der Waals surface area contributed by atoms with Crippen LogP contribution in [0.2, 0.25) is 0 Å². The van der Waals surface area contributed by atoms with Gasteiger partial charge >= 0.3 is 12.1 Å². The minimum absolute atomic E-state index is 0.0297. The zero-order valence-corrected chi connectivity index (χ0v) is 23.0. The number of hydrogen-bond donors (Lipinski definition) is 2. The number of hydrogen-bond acceptors (Lipinski definition) is 7. The molecule has 38 heavy (non-hydrogen) atoms. The summed E-state index contributed by atoms with van der Waals surface area (Å²) in [4.78, 5) is 30.3. The second kappa shape index (κ2) is 11.1. The Balaban J connectivity index is 1.94. The predicted molar refractivity (Wildman–Crippen MR) is 134 cm³/mol. The Hall–Kier alpha value is -2.20. The van der Waals surface area contributed by atoms with Crippen molar-refractivity contribution < 1.29 is 42.1 Å². The minimum atomic E-state index is -4.43. The van der Waals surface area contributed by atoms with E-state index in [2.05, 4.69) is 4.98 Å². The number of rotatable bonds is 2. The number of aliphatic hydroxyl groups excluding tert-OH is 2. The van der Waals surface area contributed by atoms with Crippen LogP contribution in [0.3, 0.4) is 0 Å². The molecule has 1 saturated heterocycles. The van der Waals surface area contributed by atoms with Gasteiger partial charge in [0, 0.05) is 12.8 Å². The Kier molecular flexibility index (Phi) is 8.88. The number of ether oxygens (including phenoxy) is 1. The van der Waals surface area contributed by atoms with Gasteiger partial charge in [-0.05, 0) is 56.1 Å². The lowest BCUT2D eigenvalue weighted by molar-refractivity contribution is -0.195. The molecule has 1 aliphatic carbocycles. The quantitative estimate of drug-likeness (QED) is 0.479. The van der Waals surface area contributed by atoms with Gasteiger partial charge in [-0.25, -0.2) is 4.98 Å². The van der Waals surface area contributed by atoms with Crippen LogP contribution in [0, 0.1) is 35.5 Å². The topological polar surface area (TPSA) is 110 Å². The maximum atomic E-state index is 14.3. The van der Waals surface area contributed by atoms with Gasteiger partial charge < -0.3 is 19.4 Å². The Bertz CT molecular complexity index is 1050. The van der Waals surface area contributed by atoms with Crippen molar-refractivity contribution in [1.82, 2.24) is 4.98 Å². The molecule has 1 saturated carbocycles. The normalized spacial score (nSPS) is 35.9. The summed E-state index contributed by atoms with van der Waals surface area (Å²) >= 11 is 0. The molecule has 0 bridgehead atoms. The Morgan fingerprint density at radius 1 is 1.21 bits per heavy atom. The summed E-state index contributed by atoms with van der Waals surface area (Å²) in [5.74, 6) is -2.84. The summed E-state index contributed by atoms with van der Waals surface area (Å²) in [7, 11) is 0. The molecule has 0 spiro atoms. The van der Waals surface area contributed by atoms with Gasteiger partial charge in [-0.15, -0.1) is 0 Å². The monoisotopic (exact) mass is 543 g/mol. The third-order valence-electron chi connectivity index (χ3n) is 8.71. The van der Waals surface area contributed by atoms with Gasteiger partial charge in [-0.3, -0.25) is 9.59 Å². The molecule has 7 nitrogen and oxygen atoms in total. The zero-order chi connectivity index (χ0) is 28.6. The smallest absolute Gasteiger partial charge is 0.394 e. The number of carbonyl (C=O) groups is 2. The molecule has 214 valence electrons. The molecule has 0 radical (unpaired) electrons. The van der Waals surface area contributed by atoms with E-state index >= 15 is 0 Å². The highest BCUT2D eigenvalue weighted by Crippen LogP contribution is 2.67. The van der Waals surface area contributed by atoms with E-state index in [0.29, 0.717) is 23.6 Å². The first kappa shape index (κ1) is 30.3. The highest BCUT2D eigenvalue weighted by atomic mass is 19.4. The molecule has 2 unspecified atom stereocenters. The van der Waals surface area contributed by atoms with Gasteiger partial charge in [0.25, 0.3) is 0 Å². The van der Waals surface area contributed by atoms with Crippen LogP contribution in [0.4, 0.5) is 13.2 Å². The summed E-state index contributed by atoms with van der Waals surface area (Å²) in [5, 5.41) is 21.6. The number of aryl methyl sites for hydroxylation is 1. The summed E-state index contributed by atoms with van der Waals surface area (Å²) < 4.78 is 53.7. The fourth-order valence-electron chi connectivity index (χ4n) is 5.77. The molecule has 0 amide bonds. The number of aliphatic hydroxyl groups is 2. The number of carbonyl (C=O) groups excluding carboxylic acids is 2. The van der Waals surface area contributed by atoms with Crippen LogP contribution in [0.1, 0.15) is 84.7 Å². The highest BCUT2D eigenvalue weighted by molar-refractivity contribution is 5.88. The molecule has 2 aliphatic rings. The summed E-state index contributed by atoms with van der Waals surface area (Å²) in [5.41, 5.74) is -2.27. The van der Waals surface area contributed by atoms with E-state index in [1.807, 2.05) is 0 Å². The number of Topliss-reactive ketones (excluding diaryl/α,β-unsaturated/α-hetero) is 1. The highest BCUT2D eigenvalue weighted by Gasteiger charge is 2.69. The van der Waals surface area contributed by atoms with Crippen molar-refractivity contribution >= 4 is 17.8 Å². The van der Waals surface area contributed by atoms with Crippen molar-refractivity contribution in [3.8, 4) is 0 Å². The molecule has 2 N–H and O–H groups in total. The maximum absolute atomic E-state index is 14.3. The van der Waals surface area contributed by atoms with Crippen molar-refractivity contribution in [2.24, 2.45) is 28.6 Å². The van der Waals surface area contributed by atoms with Crippen LogP contribution in [0.25, 0.3) is 6.08 Å². The largest absolute Gasteiger partial charge is 0.458 e. The predicted octanol–water partition coefficient (Wildman–Crippen LogP) is 5.42. The molecule has 7 atom stereocenters. The van der Waals surface area contributed by atoms with Crippen LogP contribution in [-0.4, -0.2) is 51.4 Å². The molecule has 3 rings (SSSR count). The number of aromatic nitrogens is 1. The lowest BCUT2D eigenvalue weighted by atomic mass is 9.73. The van der Waals surface area contributed by atoms with E-state index in [9.17, 15) is 33.0 Å². The molecule has 0 aromatic carbocycles. The first-order valence-electron chi connectivity index (χ1n) is 13.3. The Morgan fingerprint density at radius 2 is 1.87 bits per heavy atom. The summed E-state index contributed by atoms with van der Waals surface area (Å²) in [6, 6.07) is 0. The maximum Gasteiger partial charge on any atom is 0.394 e. The van der Waals surface area contributed by atoms with Crippen LogP contribution >= 0.6 is 0 Å². The third-order valence-corrected chi connectivity index (χ3v) is 8.71. The molecular formula is C28H40F3NO6. The molecule has 1 aliphatic heterocycles. The van der Waals surface area contributed by atoms with Crippen LogP contribution in [0.5, 0.6) is 0 Å². The standard InChI is InChI=1S/C28H40F3NO6/c1-15-8-7-9-27(28(29,30)31)13-19(27)11-21(16(2)10-20-14-37-18(4)32-20)38-23(34)12-22(33)26(5,6)25(36)17(3)24(15)35/h10,14-15,17,19,21-22,24,33,35H,7-9,11-13H2,1-6H3/b16-10+/t15-,17+,19?,21-,22-,24-,27?/m0/s1. The molecule has 1 aromatic heterocycles. The molecule has 2 heterocycles. The fraction of sp³-hybridized carbons (Fsp3) is 0.750. The fourth-order valence-corrected chi connectivity index (χ4v) is 5.77. The van der Waals surface area contributed by atoms with E-state index in [1.54, 1.807) is 33.8 Å². The number of halogens is 3. The third kappa shape index (κ3) is 6.33. The van der Waals surface area contributed by atoms with Crippen LogP contribution < -0.4 is 0 Å². The summed E-state index contributed by atoms with van der Waals surface area (Å²) in [6.07, 6.45) is -5.01. The van der Waals surface area contributed by atoms with Crippen molar-refractivity contribution in [3.05, 3.63) is 23.4 Å². The number of ketones is 1. The Labute approximate surface area is 221 Å². The van der Waals surface area contributed by atoms with Crippen molar-refractivity contribution in [2.75, 3.05) is 0 Å². The van der Waals surface area contributed by atoms with Gasteiger partial charge in [0.1, 0.15) is 23.8 Å². The lowest BCUT2D eigenvalue weighted by Gasteiger charge is -2.34. The van der Waals surface area contributed by atoms with E-state index < -0.39 is 71.2 Å². The first-order valence-corrected chi connectivity index (χ1v) is 13.3. The van der Waals surface area contributed by atoms with Gasteiger partial charge in [-0.1, -0.05) is 34.1 Å². The molecule has 10 heteroatoms. The van der Waals surface area contributed by atoms with E-state index in [0.717, 1.165) is 0 Å². The summed E-state index contributed by atoms with van der Waals surface area (Å²) in [6.45, 7) is 9.62. The van der Waals surface area contributed by atoms with Gasteiger partial charge in [0.2, 0.25) is 0 Å². The molecular weight excluding hydrogens is 503 g/mol. The zero-order valence-electron chi connectivity index (χ0n) is 23.0. The number of fused-ring (bicyclic) bond motifs is 1. The van der Waals surface area contributed by atoms with Crippen LogP contribution in [-0.2, 0) is 14.3 Å². The number of cyclic esters (lactones) is 1. The van der Waals surface area contributed by atoms with E-state index in [4.69, 9.17) is 9.15 Å². The number of alkyl halides is 3. The lowest BCUT2D eigenvalue weighted by Crippen LogP contribution is -2.45. The van der Waals surface area contributed by atoms with Crippen molar-refractivity contribution in [2.45, 2.75) is 105 Å². The second-order valence-electron chi connectivity index (χ2n) is 11.9. The van der Waals surface area contributed by atoms with Crippen LogP contribution in [0.15, 0.2) is 16.3 Å². The number of esters is 1. The minimum Gasteiger partial charge on any atom is -0.458 e. The van der Waals surface area contributed by atoms with Crippen molar-refractivity contribution in [3.63, 3.8) is 0 Å². The first-order chi connectivity index (χ1) is 17.5. The average Bonchev–Trinajstić information content (AvgIpc) is 3.38. The number of oxazole rings is 1. The number of nitrogens with zero attached hydrogens (tertiary/aromatic N) is 1. The SMILES string of the molecule is C/C(=C\c1coc(C)n1)[C@@H]1CC2CC2(C(F)(F)F)CCC[C@H](C)[C@H](O)[C@@H](C)C(=O)C(C)(C)[C@@H](O)CC(=O)O1. The average molecular weight is 544 g/mol. The van der Waals surface area contributed by atoms with E-state index in [-0.39, 0.29) is 25.7 Å². The van der Waals surface area contributed by atoms with Gasteiger partial charge in [0.15, 0.2) is 5.89 Å². The van der Waals surface area contributed by atoms with Crippen molar-refractivity contribution in [1.29, 1.82) is 0 Å². The van der Waals surface area contributed by atoms with Gasteiger partial charge in [-0.2, -0.15) is 13.2 Å². The molecule has 1 aromatic rings. The Morgan fingerprint density at radius 3 is 2.45 bits per heavy atom. The second-order valence-corrected chi connectivity index (χ2v) is 11.9. The van der Waals surface area contributed by atoms with E-state index in [1.165, 1.54) is 20.1 Å². The van der Waals surface area contributed by atoms with Gasteiger partial charge in [0.05, 0.1) is 29.5 Å².